The zero-order valence-electron chi connectivity index (χ0n) is 12.2. The molecule has 4 nitrogen and oxygen atoms in total. The van der Waals surface area contributed by atoms with Gasteiger partial charge < -0.3 is 19.9 Å². The van der Waals surface area contributed by atoms with Crippen LogP contribution >= 0.6 is 0 Å². The predicted octanol–water partition coefficient (Wildman–Crippen LogP) is 1.43. The van der Waals surface area contributed by atoms with Gasteiger partial charge in [-0.1, -0.05) is 6.07 Å². The Morgan fingerprint density at radius 2 is 2.32 bits per heavy atom. The van der Waals surface area contributed by atoms with Crippen molar-refractivity contribution in [3.63, 3.8) is 0 Å². The molecule has 19 heavy (non-hydrogen) atoms. The van der Waals surface area contributed by atoms with Gasteiger partial charge in [0.05, 0.1) is 7.11 Å². The highest BCUT2D eigenvalue weighted by Gasteiger charge is 2.16. The number of rotatable bonds is 5. The van der Waals surface area contributed by atoms with Crippen LogP contribution in [0.25, 0.3) is 0 Å². The summed E-state index contributed by atoms with van der Waals surface area (Å²) in [6.07, 6.45) is 1.16. The Balaban J connectivity index is 1.84. The first-order valence-corrected chi connectivity index (χ1v) is 6.96. The second-order valence-electron chi connectivity index (χ2n) is 5.33. The van der Waals surface area contributed by atoms with Crippen LogP contribution in [0, 0.1) is 0 Å². The Bertz CT molecular complexity index is 397. The molecule has 0 saturated carbocycles. The zero-order chi connectivity index (χ0) is 13.7. The van der Waals surface area contributed by atoms with E-state index in [2.05, 4.69) is 41.3 Å². The van der Waals surface area contributed by atoms with Gasteiger partial charge in [0, 0.05) is 51.0 Å². The SMILES string of the molecule is COc1cccc(N(C)CCC2CN(C)CCN2)c1. The second-order valence-corrected chi connectivity index (χ2v) is 5.33. The van der Waals surface area contributed by atoms with Crippen molar-refractivity contribution in [3.8, 4) is 5.75 Å². The first kappa shape index (κ1) is 14.2. The third-order valence-electron chi connectivity index (χ3n) is 3.77. The van der Waals surface area contributed by atoms with E-state index in [0.29, 0.717) is 6.04 Å². The molecule has 0 amide bonds. The minimum atomic E-state index is 0.604. The fourth-order valence-electron chi connectivity index (χ4n) is 2.51. The zero-order valence-corrected chi connectivity index (χ0v) is 12.2. The molecule has 1 aliphatic heterocycles. The third kappa shape index (κ3) is 4.11. The van der Waals surface area contributed by atoms with E-state index >= 15 is 0 Å². The van der Waals surface area contributed by atoms with Gasteiger partial charge in [-0.2, -0.15) is 0 Å². The summed E-state index contributed by atoms with van der Waals surface area (Å²) in [7, 11) is 6.04. The lowest BCUT2D eigenvalue weighted by molar-refractivity contribution is 0.233. The van der Waals surface area contributed by atoms with Gasteiger partial charge in [0.15, 0.2) is 0 Å². The summed E-state index contributed by atoms with van der Waals surface area (Å²) in [6, 6.07) is 8.84. The number of benzene rings is 1. The minimum absolute atomic E-state index is 0.604. The highest BCUT2D eigenvalue weighted by molar-refractivity contribution is 5.50. The van der Waals surface area contributed by atoms with Gasteiger partial charge in [-0.15, -0.1) is 0 Å². The largest absolute Gasteiger partial charge is 0.497 e. The van der Waals surface area contributed by atoms with E-state index < -0.39 is 0 Å². The minimum Gasteiger partial charge on any atom is -0.497 e. The van der Waals surface area contributed by atoms with Crippen LogP contribution in [0.5, 0.6) is 5.75 Å². The molecule has 1 unspecified atom stereocenters. The highest BCUT2D eigenvalue weighted by atomic mass is 16.5. The van der Waals surface area contributed by atoms with E-state index in [1.807, 2.05) is 12.1 Å². The average Bonchev–Trinajstić information content (AvgIpc) is 2.45. The summed E-state index contributed by atoms with van der Waals surface area (Å²) >= 11 is 0. The smallest absolute Gasteiger partial charge is 0.120 e. The summed E-state index contributed by atoms with van der Waals surface area (Å²) in [5, 5.41) is 3.59. The quantitative estimate of drug-likeness (QED) is 0.869. The normalized spacial score (nSPS) is 20.3. The second kappa shape index (κ2) is 6.78. The van der Waals surface area contributed by atoms with Crippen molar-refractivity contribution in [2.24, 2.45) is 0 Å². The molecule has 106 valence electrons. The van der Waals surface area contributed by atoms with Crippen LogP contribution < -0.4 is 15.0 Å². The molecular formula is C15H25N3O. The predicted molar refractivity (Wildman–Crippen MR) is 80.2 cm³/mol. The van der Waals surface area contributed by atoms with Crippen molar-refractivity contribution >= 4 is 5.69 Å². The van der Waals surface area contributed by atoms with Crippen molar-refractivity contribution in [1.29, 1.82) is 0 Å². The highest BCUT2D eigenvalue weighted by Crippen LogP contribution is 2.20. The van der Waals surface area contributed by atoms with E-state index in [4.69, 9.17) is 4.74 Å². The van der Waals surface area contributed by atoms with Gasteiger partial charge in [-0.3, -0.25) is 0 Å². The summed E-state index contributed by atoms with van der Waals surface area (Å²) in [5.41, 5.74) is 1.21. The number of hydrogen-bond donors (Lipinski definition) is 1. The van der Waals surface area contributed by atoms with Crippen LogP contribution in [0.1, 0.15) is 6.42 Å². The van der Waals surface area contributed by atoms with Crippen molar-refractivity contribution in [1.82, 2.24) is 10.2 Å². The molecule has 1 aromatic carbocycles. The number of anilines is 1. The Hall–Kier alpha value is -1.26. The number of hydrogen-bond acceptors (Lipinski definition) is 4. The van der Waals surface area contributed by atoms with Crippen LogP contribution in [-0.4, -0.2) is 58.3 Å². The average molecular weight is 263 g/mol. The molecule has 0 aliphatic carbocycles. The first-order chi connectivity index (χ1) is 9.19. The van der Waals surface area contributed by atoms with Crippen LogP contribution in [0.2, 0.25) is 0 Å². The van der Waals surface area contributed by atoms with Crippen molar-refractivity contribution in [3.05, 3.63) is 24.3 Å². The van der Waals surface area contributed by atoms with Gasteiger partial charge in [0.2, 0.25) is 0 Å². The van der Waals surface area contributed by atoms with E-state index in [1.54, 1.807) is 7.11 Å². The van der Waals surface area contributed by atoms with Crippen LogP contribution in [0.4, 0.5) is 5.69 Å². The standard InChI is InChI=1S/C15H25N3O/c1-17-10-8-16-13(12-17)7-9-18(2)14-5-4-6-15(11-14)19-3/h4-6,11,13,16H,7-10,12H2,1-3H3. The molecule has 1 aliphatic rings. The van der Waals surface area contributed by atoms with Gasteiger partial charge in [-0.25, -0.2) is 0 Å². The molecule has 0 bridgehead atoms. The number of nitrogens with one attached hydrogen (secondary N) is 1. The lowest BCUT2D eigenvalue weighted by Crippen LogP contribution is -2.49. The van der Waals surface area contributed by atoms with E-state index in [9.17, 15) is 0 Å². The molecular weight excluding hydrogens is 238 g/mol. The Labute approximate surface area is 116 Å². The van der Waals surface area contributed by atoms with Gasteiger partial charge >= 0.3 is 0 Å². The molecule has 0 radical (unpaired) electrons. The van der Waals surface area contributed by atoms with E-state index in [-0.39, 0.29) is 0 Å². The van der Waals surface area contributed by atoms with Crippen molar-refractivity contribution < 1.29 is 4.74 Å². The molecule has 1 aromatic rings. The first-order valence-electron chi connectivity index (χ1n) is 6.96. The summed E-state index contributed by atoms with van der Waals surface area (Å²) in [4.78, 5) is 4.69. The van der Waals surface area contributed by atoms with Gasteiger partial charge in [-0.05, 0) is 25.6 Å². The fourth-order valence-corrected chi connectivity index (χ4v) is 2.51. The number of ether oxygens (including phenoxy) is 1. The molecule has 0 spiro atoms. The molecule has 4 heteroatoms. The summed E-state index contributed by atoms with van der Waals surface area (Å²) in [5.74, 6) is 0.917. The maximum atomic E-state index is 5.27. The lowest BCUT2D eigenvalue weighted by Gasteiger charge is -2.32. The maximum Gasteiger partial charge on any atom is 0.120 e. The molecule has 1 N–H and O–H groups in total. The molecule has 1 saturated heterocycles. The topological polar surface area (TPSA) is 27.7 Å². The molecule has 2 rings (SSSR count). The summed E-state index contributed by atoms with van der Waals surface area (Å²) < 4.78 is 5.27. The molecule has 1 heterocycles. The number of methoxy groups -OCH3 is 1. The van der Waals surface area contributed by atoms with E-state index in [0.717, 1.165) is 38.3 Å². The van der Waals surface area contributed by atoms with Crippen LogP contribution in [0.15, 0.2) is 24.3 Å². The Kier molecular flexibility index (Phi) is 5.05. The maximum absolute atomic E-state index is 5.27. The lowest BCUT2D eigenvalue weighted by atomic mass is 10.1. The number of nitrogens with zero attached hydrogens (tertiary/aromatic N) is 2. The van der Waals surface area contributed by atoms with Crippen molar-refractivity contribution in [2.75, 3.05) is 52.3 Å². The van der Waals surface area contributed by atoms with Crippen LogP contribution in [-0.2, 0) is 0 Å². The fraction of sp³-hybridized carbons (Fsp3) is 0.600. The Morgan fingerprint density at radius 3 is 3.05 bits per heavy atom. The number of likely N-dealkylation sites (N-methyl/N-ethyl adjacent to an activating group) is 1. The van der Waals surface area contributed by atoms with Crippen molar-refractivity contribution in [2.45, 2.75) is 12.5 Å². The monoisotopic (exact) mass is 263 g/mol. The third-order valence-corrected chi connectivity index (χ3v) is 3.77. The summed E-state index contributed by atoms with van der Waals surface area (Å²) in [6.45, 7) is 4.46. The number of piperazine rings is 1. The Morgan fingerprint density at radius 1 is 1.47 bits per heavy atom. The van der Waals surface area contributed by atoms with E-state index in [1.165, 1.54) is 5.69 Å². The van der Waals surface area contributed by atoms with Crippen LogP contribution in [0.3, 0.4) is 0 Å². The molecule has 1 fully saturated rings. The molecule has 0 aromatic heterocycles. The van der Waals surface area contributed by atoms with Gasteiger partial charge in [0.25, 0.3) is 0 Å². The molecule has 1 atom stereocenters. The van der Waals surface area contributed by atoms with Gasteiger partial charge in [0.1, 0.15) is 5.75 Å².